The van der Waals surface area contributed by atoms with Gasteiger partial charge in [-0.05, 0) is 54.9 Å². The van der Waals surface area contributed by atoms with Crippen molar-refractivity contribution in [3.63, 3.8) is 0 Å². The lowest BCUT2D eigenvalue weighted by Crippen LogP contribution is -2.24. The highest BCUT2D eigenvalue weighted by Crippen LogP contribution is 2.25. The minimum Gasteiger partial charge on any atom is -0.460 e. The van der Waals surface area contributed by atoms with Crippen LogP contribution in [0.2, 0.25) is 5.02 Å². The fourth-order valence-electron chi connectivity index (χ4n) is 1.41. The van der Waals surface area contributed by atoms with Crippen molar-refractivity contribution in [2.75, 3.05) is 5.32 Å². The number of carbonyl (C=O) groups excluding carboxylic acids is 2. The average molecular weight is 363 g/mol. The Bertz CT molecular complexity index is 512. The standard InChI is InChI=1S/C14H17BrClNO3/c1-14(2,3)20-13(19)7-6-12(18)17-9-4-5-11(16)10(15)8-9/h4-5,8H,6-7H2,1-3H3,(H,17,18). The summed E-state index contributed by atoms with van der Waals surface area (Å²) in [4.78, 5) is 23.2. The zero-order valence-corrected chi connectivity index (χ0v) is 14.0. The van der Waals surface area contributed by atoms with Crippen LogP contribution >= 0.6 is 27.5 Å². The van der Waals surface area contributed by atoms with E-state index in [-0.39, 0.29) is 24.7 Å². The maximum absolute atomic E-state index is 11.7. The van der Waals surface area contributed by atoms with E-state index in [0.717, 1.165) is 0 Å². The van der Waals surface area contributed by atoms with Gasteiger partial charge >= 0.3 is 5.97 Å². The highest BCUT2D eigenvalue weighted by atomic mass is 79.9. The van der Waals surface area contributed by atoms with Crippen LogP contribution in [0.4, 0.5) is 5.69 Å². The van der Waals surface area contributed by atoms with Gasteiger partial charge in [0.25, 0.3) is 0 Å². The quantitative estimate of drug-likeness (QED) is 0.818. The maximum atomic E-state index is 11.7. The first-order valence-electron chi connectivity index (χ1n) is 6.14. The van der Waals surface area contributed by atoms with Gasteiger partial charge in [0.1, 0.15) is 5.60 Å². The molecule has 6 heteroatoms. The van der Waals surface area contributed by atoms with E-state index in [1.54, 1.807) is 39.0 Å². The van der Waals surface area contributed by atoms with Crippen molar-refractivity contribution in [2.24, 2.45) is 0 Å². The number of carbonyl (C=O) groups is 2. The van der Waals surface area contributed by atoms with Crippen molar-refractivity contribution in [1.29, 1.82) is 0 Å². The molecule has 0 saturated carbocycles. The summed E-state index contributed by atoms with van der Waals surface area (Å²) in [5, 5.41) is 3.26. The molecule has 0 heterocycles. The number of amides is 1. The number of hydrogen-bond donors (Lipinski definition) is 1. The first-order valence-corrected chi connectivity index (χ1v) is 7.31. The summed E-state index contributed by atoms with van der Waals surface area (Å²) in [6, 6.07) is 5.07. The fourth-order valence-corrected chi connectivity index (χ4v) is 1.90. The Morgan fingerprint density at radius 2 is 1.95 bits per heavy atom. The van der Waals surface area contributed by atoms with Crippen LogP contribution in [0.15, 0.2) is 22.7 Å². The van der Waals surface area contributed by atoms with Gasteiger partial charge in [-0.2, -0.15) is 0 Å². The van der Waals surface area contributed by atoms with Crippen LogP contribution in [0.5, 0.6) is 0 Å². The second kappa shape index (κ2) is 7.09. The van der Waals surface area contributed by atoms with Crippen molar-refractivity contribution in [3.05, 3.63) is 27.7 Å². The van der Waals surface area contributed by atoms with Gasteiger partial charge in [-0.25, -0.2) is 0 Å². The van der Waals surface area contributed by atoms with E-state index in [2.05, 4.69) is 21.2 Å². The zero-order valence-electron chi connectivity index (χ0n) is 11.6. The number of rotatable bonds is 4. The molecule has 0 aliphatic carbocycles. The summed E-state index contributed by atoms with van der Waals surface area (Å²) in [7, 11) is 0. The largest absolute Gasteiger partial charge is 0.460 e. The van der Waals surface area contributed by atoms with Crippen LogP contribution in [0.1, 0.15) is 33.6 Å². The van der Waals surface area contributed by atoms with Crippen molar-refractivity contribution in [1.82, 2.24) is 0 Å². The highest BCUT2D eigenvalue weighted by molar-refractivity contribution is 9.10. The predicted octanol–water partition coefficient (Wildman–Crippen LogP) is 4.16. The topological polar surface area (TPSA) is 55.4 Å². The van der Waals surface area contributed by atoms with Gasteiger partial charge in [-0.15, -0.1) is 0 Å². The molecule has 1 N–H and O–H groups in total. The Morgan fingerprint density at radius 1 is 1.30 bits per heavy atom. The number of benzene rings is 1. The summed E-state index contributed by atoms with van der Waals surface area (Å²) in [5.41, 5.74) is 0.0877. The summed E-state index contributed by atoms with van der Waals surface area (Å²) in [6.45, 7) is 5.36. The van der Waals surface area contributed by atoms with E-state index in [1.165, 1.54) is 0 Å². The molecule has 4 nitrogen and oxygen atoms in total. The monoisotopic (exact) mass is 361 g/mol. The SMILES string of the molecule is CC(C)(C)OC(=O)CCC(=O)Nc1ccc(Cl)c(Br)c1. The molecule has 0 saturated heterocycles. The first kappa shape index (κ1) is 17.0. The first-order chi connectivity index (χ1) is 9.17. The van der Waals surface area contributed by atoms with Gasteiger partial charge in [-0.3, -0.25) is 9.59 Å². The highest BCUT2D eigenvalue weighted by Gasteiger charge is 2.17. The Labute approximate surface area is 132 Å². The van der Waals surface area contributed by atoms with Crippen LogP contribution in [0.3, 0.4) is 0 Å². The van der Waals surface area contributed by atoms with Gasteiger partial charge in [0.05, 0.1) is 11.4 Å². The van der Waals surface area contributed by atoms with Crippen molar-refractivity contribution < 1.29 is 14.3 Å². The molecule has 0 spiro atoms. The molecular weight excluding hydrogens is 346 g/mol. The van der Waals surface area contributed by atoms with E-state index in [1.807, 2.05) is 0 Å². The molecule has 0 radical (unpaired) electrons. The van der Waals surface area contributed by atoms with Crippen LogP contribution in [0.25, 0.3) is 0 Å². The van der Waals surface area contributed by atoms with Gasteiger partial charge in [-0.1, -0.05) is 11.6 Å². The number of hydrogen-bond acceptors (Lipinski definition) is 3. The lowest BCUT2D eigenvalue weighted by molar-refractivity contribution is -0.155. The lowest BCUT2D eigenvalue weighted by atomic mass is 10.2. The molecule has 0 atom stereocenters. The van der Waals surface area contributed by atoms with Crippen LogP contribution in [-0.4, -0.2) is 17.5 Å². The Kier molecular flexibility index (Phi) is 6.02. The normalized spacial score (nSPS) is 11.1. The summed E-state index contributed by atoms with van der Waals surface area (Å²) >= 11 is 9.13. The van der Waals surface area contributed by atoms with Crippen LogP contribution in [0, 0.1) is 0 Å². The summed E-state index contributed by atoms with van der Waals surface area (Å²) in [5.74, 6) is -0.630. The molecule has 1 aromatic carbocycles. The zero-order chi connectivity index (χ0) is 15.3. The molecule has 0 aliphatic rings. The lowest BCUT2D eigenvalue weighted by Gasteiger charge is -2.19. The molecule has 1 amide bonds. The third kappa shape index (κ3) is 6.39. The molecule has 110 valence electrons. The second-order valence-electron chi connectivity index (χ2n) is 5.26. The Hall–Kier alpha value is -1.07. The Morgan fingerprint density at radius 3 is 2.50 bits per heavy atom. The molecule has 0 bridgehead atoms. The number of ether oxygens (including phenoxy) is 1. The number of esters is 1. The number of halogens is 2. The molecule has 20 heavy (non-hydrogen) atoms. The molecule has 0 unspecified atom stereocenters. The number of anilines is 1. The average Bonchev–Trinajstić information content (AvgIpc) is 2.29. The molecule has 0 aromatic heterocycles. The molecular formula is C14H17BrClNO3. The van der Waals surface area contributed by atoms with E-state index < -0.39 is 5.60 Å². The van der Waals surface area contributed by atoms with Gasteiger partial charge in [0.15, 0.2) is 0 Å². The molecule has 0 fully saturated rings. The van der Waals surface area contributed by atoms with Crippen molar-refractivity contribution in [2.45, 2.75) is 39.2 Å². The molecule has 1 rings (SSSR count). The molecule has 1 aromatic rings. The van der Waals surface area contributed by atoms with Gasteiger partial charge < -0.3 is 10.1 Å². The predicted molar refractivity (Wildman–Crippen MR) is 82.9 cm³/mol. The third-order valence-electron chi connectivity index (χ3n) is 2.18. The smallest absolute Gasteiger partial charge is 0.306 e. The van der Waals surface area contributed by atoms with Crippen LogP contribution < -0.4 is 5.32 Å². The number of nitrogens with one attached hydrogen (secondary N) is 1. The van der Waals surface area contributed by atoms with E-state index >= 15 is 0 Å². The second-order valence-corrected chi connectivity index (χ2v) is 6.53. The Balaban J connectivity index is 2.44. The minimum atomic E-state index is -0.533. The maximum Gasteiger partial charge on any atom is 0.306 e. The summed E-state index contributed by atoms with van der Waals surface area (Å²) in [6.07, 6.45) is 0.132. The van der Waals surface area contributed by atoms with Crippen LogP contribution in [-0.2, 0) is 14.3 Å². The van der Waals surface area contributed by atoms with Crippen molar-refractivity contribution in [3.8, 4) is 0 Å². The summed E-state index contributed by atoms with van der Waals surface area (Å²) < 4.78 is 5.83. The van der Waals surface area contributed by atoms with Gasteiger partial charge in [0, 0.05) is 16.6 Å². The van der Waals surface area contributed by atoms with E-state index in [0.29, 0.717) is 15.2 Å². The third-order valence-corrected chi connectivity index (χ3v) is 3.39. The fraction of sp³-hybridized carbons (Fsp3) is 0.429. The van der Waals surface area contributed by atoms with Crippen molar-refractivity contribution >= 4 is 45.1 Å². The minimum absolute atomic E-state index is 0.0534. The molecule has 0 aliphatic heterocycles. The van der Waals surface area contributed by atoms with E-state index in [9.17, 15) is 9.59 Å². The van der Waals surface area contributed by atoms with E-state index in [4.69, 9.17) is 16.3 Å². The van der Waals surface area contributed by atoms with Gasteiger partial charge in [0.2, 0.25) is 5.91 Å².